The quantitative estimate of drug-likeness (QED) is 0.727. The van der Waals surface area contributed by atoms with Crippen molar-refractivity contribution in [2.75, 3.05) is 30.6 Å². The monoisotopic (exact) mass is 426 g/mol. The molecule has 132 valence electrons. The minimum atomic E-state index is -0.142. The van der Waals surface area contributed by atoms with E-state index in [0.717, 1.165) is 32.7 Å². The Hall–Kier alpha value is -1.77. The molecule has 1 aromatic heterocycles. The van der Waals surface area contributed by atoms with E-state index in [1.54, 1.807) is 0 Å². The first-order valence-electron chi connectivity index (χ1n) is 7.76. The first kappa shape index (κ1) is 16.7. The third kappa shape index (κ3) is 2.68. The van der Waals surface area contributed by atoms with E-state index in [9.17, 15) is 5.11 Å². The number of aliphatic hydroxyl groups is 1. The van der Waals surface area contributed by atoms with Gasteiger partial charge in [-0.1, -0.05) is 27.5 Å². The van der Waals surface area contributed by atoms with Gasteiger partial charge in [-0.25, -0.2) is 4.98 Å². The normalized spacial score (nSPS) is 17.9. The smallest absolute Gasteiger partial charge is 0.231 e. The van der Waals surface area contributed by atoms with Gasteiger partial charge in [0.05, 0.1) is 6.61 Å². The maximum atomic E-state index is 9.71. The number of aliphatic hydroxyl groups excluding tert-OH is 1. The molecule has 0 saturated carbocycles. The number of nitrogens with zero attached hydrogens (tertiary/aromatic N) is 3. The van der Waals surface area contributed by atoms with Gasteiger partial charge in [-0.2, -0.15) is 4.98 Å². The van der Waals surface area contributed by atoms with Crippen LogP contribution in [0.5, 0.6) is 11.5 Å². The van der Waals surface area contributed by atoms with Gasteiger partial charge in [0.2, 0.25) is 12.7 Å². The molecule has 0 spiro atoms. The summed E-state index contributed by atoms with van der Waals surface area (Å²) in [5, 5.41) is 10.0. The van der Waals surface area contributed by atoms with E-state index < -0.39 is 0 Å². The second kappa shape index (κ2) is 6.19. The minimum Gasteiger partial charge on any atom is -0.454 e. The number of nitrogen functional groups attached to an aromatic ring is 1. The van der Waals surface area contributed by atoms with Crippen LogP contribution in [0.4, 0.5) is 11.8 Å². The molecular weight excluding hydrogens is 412 g/mol. The molecule has 1 unspecified atom stereocenters. The van der Waals surface area contributed by atoms with E-state index in [2.05, 4.69) is 30.8 Å². The van der Waals surface area contributed by atoms with Crippen LogP contribution in [0.2, 0.25) is 5.15 Å². The Labute approximate surface area is 157 Å². The number of hydrogen-bond donors (Lipinski definition) is 2. The molecule has 1 aromatic carbocycles. The molecule has 2 aliphatic rings. The lowest BCUT2D eigenvalue weighted by molar-refractivity contribution is 0.173. The lowest BCUT2D eigenvalue weighted by Crippen LogP contribution is -2.23. The predicted octanol–water partition coefficient (Wildman–Crippen LogP) is 2.61. The summed E-state index contributed by atoms with van der Waals surface area (Å²) < 4.78 is 12.0. The summed E-state index contributed by atoms with van der Waals surface area (Å²) >= 11 is 9.86. The highest BCUT2D eigenvalue weighted by Crippen LogP contribution is 2.44. The van der Waals surface area contributed by atoms with Gasteiger partial charge in [0.25, 0.3) is 0 Å². The highest BCUT2D eigenvalue weighted by Gasteiger charge is 2.34. The molecule has 1 atom stereocenters. The molecule has 0 aliphatic carbocycles. The zero-order valence-electron chi connectivity index (χ0n) is 13.4. The summed E-state index contributed by atoms with van der Waals surface area (Å²) in [4.78, 5) is 10.4. The van der Waals surface area contributed by atoms with Gasteiger partial charge >= 0.3 is 0 Å². The molecule has 0 amide bonds. The molecule has 0 fully saturated rings. The number of halogens is 2. The predicted molar refractivity (Wildman–Crippen MR) is 97.3 cm³/mol. The number of fused-ring (bicyclic) bond motifs is 2. The van der Waals surface area contributed by atoms with Crippen LogP contribution in [0.15, 0.2) is 10.5 Å². The number of hydrogen-bond acceptors (Lipinski definition) is 7. The number of rotatable bonds is 3. The maximum absolute atomic E-state index is 9.71. The zero-order valence-corrected chi connectivity index (χ0v) is 15.8. The summed E-state index contributed by atoms with van der Waals surface area (Å²) in [6.07, 6.45) is 0. The summed E-state index contributed by atoms with van der Waals surface area (Å²) in [5.74, 6) is 2.14. The van der Waals surface area contributed by atoms with E-state index >= 15 is 0 Å². The van der Waals surface area contributed by atoms with E-state index in [0.29, 0.717) is 24.1 Å². The van der Waals surface area contributed by atoms with Crippen molar-refractivity contribution in [2.45, 2.75) is 19.4 Å². The molecule has 0 radical (unpaired) electrons. The second-order valence-corrected chi connectivity index (χ2v) is 7.28. The molecule has 0 saturated heterocycles. The number of ether oxygens (including phenoxy) is 2. The van der Waals surface area contributed by atoms with Crippen LogP contribution in [0.3, 0.4) is 0 Å². The third-order valence-electron chi connectivity index (χ3n) is 4.60. The number of benzene rings is 1. The van der Waals surface area contributed by atoms with E-state index in [1.165, 1.54) is 0 Å². The Kier molecular flexibility index (Phi) is 4.13. The van der Waals surface area contributed by atoms with Crippen molar-refractivity contribution in [3.8, 4) is 11.5 Å². The molecular formula is C16H16BrClN4O3. The molecule has 9 heteroatoms. The average Bonchev–Trinajstić information content (AvgIpc) is 3.16. The molecule has 3 N–H and O–H groups in total. The minimum absolute atomic E-state index is 0.0300. The fraction of sp³-hybridized carbons (Fsp3) is 0.375. The van der Waals surface area contributed by atoms with Gasteiger partial charge in [0, 0.05) is 34.6 Å². The van der Waals surface area contributed by atoms with Crippen molar-refractivity contribution in [1.82, 2.24) is 9.97 Å². The van der Waals surface area contributed by atoms with Crippen molar-refractivity contribution in [3.05, 3.63) is 32.4 Å². The van der Waals surface area contributed by atoms with E-state index in [1.807, 2.05) is 13.0 Å². The first-order chi connectivity index (χ1) is 12.0. The Bertz CT molecular complexity index is 864. The first-order valence-corrected chi connectivity index (χ1v) is 8.93. The third-order valence-corrected chi connectivity index (χ3v) is 5.59. The molecule has 25 heavy (non-hydrogen) atoms. The largest absolute Gasteiger partial charge is 0.454 e. The second-order valence-electron chi connectivity index (χ2n) is 6.07. The van der Waals surface area contributed by atoms with E-state index in [4.69, 9.17) is 26.8 Å². The lowest BCUT2D eigenvalue weighted by Gasteiger charge is -2.21. The Morgan fingerprint density at radius 3 is 3.00 bits per heavy atom. The Balaban J connectivity index is 1.74. The van der Waals surface area contributed by atoms with Crippen molar-refractivity contribution >= 4 is 39.3 Å². The zero-order chi connectivity index (χ0) is 17.7. The molecule has 2 aromatic rings. The van der Waals surface area contributed by atoms with Crippen LogP contribution in [-0.4, -0.2) is 35.0 Å². The van der Waals surface area contributed by atoms with Gasteiger partial charge in [0.1, 0.15) is 11.0 Å². The summed E-state index contributed by atoms with van der Waals surface area (Å²) in [6.45, 7) is 3.35. The van der Waals surface area contributed by atoms with Gasteiger partial charge in [-0.05, 0) is 18.6 Å². The lowest BCUT2D eigenvalue weighted by atomic mass is 10.1. The van der Waals surface area contributed by atoms with Crippen molar-refractivity contribution in [3.63, 3.8) is 0 Å². The van der Waals surface area contributed by atoms with Crippen LogP contribution in [-0.2, 0) is 6.54 Å². The Morgan fingerprint density at radius 1 is 1.44 bits per heavy atom. The van der Waals surface area contributed by atoms with Crippen LogP contribution < -0.4 is 20.1 Å². The molecule has 3 heterocycles. The van der Waals surface area contributed by atoms with Crippen molar-refractivity contribution in [2.24, 2.45) is 0 Å². The van der Waals surface area contributed by atoms with Crippen LogP contribution >= 0.6 is 27.5 Å². The highest BCUT2D eigenvalue weighted by atomic mass is 79.9. The summed E-state index contributed by atoms with van der Waals surface area (Å²) in [7, 11) is 0. The van der Waals surface area contributed by atoms with Gasteiger partial charge in [0.15, 0.2) is 11.5 Å². The number of aromatic nitrogens is 2. The highest BCUT2D eigenvalue weighted by molar-refractivity contribution is 9.10. The molecule has 0 bridgehead atoms. The maximum Gasteiger partial charge on any atom is 0.231 e. The topological polar surface area (TPSA) is 93.7 Å². The Morgan fingerprint density at radius 2 is 2.24 bits per heavy atom. The SMILES string of the molecule is Cc1c(CN2CC(CO)c3c(Cl)nc(N)nc32)c(Br)cc2c1OCO2. The van der Waals surface area contributed by atoms with Crippen LogP contribution in [0.25, 0.3) is 0 Å². The fourth-order valence-corrected chi connectivity index (χ4v) is 4.32. The summed E-state index contributed by atoms with van der Waals surface area (Å²) in [6, 6.07) is 1.91. The molecule has 2 aliphatic heterocycles. The number of anilines is 2. The van der Waals surface area contributed by atoms with Crippen molar-refractivity contribution < 1.29 is 14.6 Å². The summed E-state index contributed by atoms with van der Waals surface area (Å²) in [5.41, 5.74) is 8.57. The van der Waals surface area contributed by atoms with Crippen molar-refractivity contribution in [1.29, 1.82) is 0 Å². The fourth-order valence-electron chi connectivity index (χ4n) is 3.36. The number of nitrogens with two attached hydrogens (primary N) is 1. The van der Waals surface area contributed by atoms with E-state index in [-0.39, 0.29) is 25.3 Å². The standard InChI is InChI=1S/C16H16BrClN4O3/c1-7-9(10(17)2-11-13(7)25-6-24-11)4-22-3-8(5-23)12-14(18)20-16(19)21-15(12)22/h2,8,23H,3-6H2,1H3,(H2,19,20,21). The van der Waals surface area contributed by atoms with Gasteiger partial charge in [-0.15, -0.1) is 0 Å². The van der Waals surface area contributed by atoms with Crippen LogP contribution in [0, 0.1) is 6.92 Å². The van der Waals surface area contributed by atoms with Crippen LogP contribution in [0.1, 0.15) is 22.6 Å². The molecule has 4 rings (SSSR count). The van der Waals surface area contributed by atoms with Gasteiger partial charge in [-0.3, -0.25) is 0 Å². The van der Waals surface area contributed by atoms with Gasteiger partial charge < -0.3 is 25.2 Å². The average molecular weight is 428 g/mol. The molecule has 7 nitrogen and oxygen atoms in total.